The molecule has 0 saturated carbocycles. The average Bonchev–Trinajstić information content (AvgIpc) is 2.90. The van der Waals surface area contributed by atoms with Gasteiger partial charge in [0, 0.05) is 18.3 Å². The monoisotopic (exact) mass is 244 g/mol. The van der Waals surface area contributed by atoms with Gasteiger partial charge in [-0.25, -0.2) is 4.98 Å². The maximum absolute atomic E-state index is 10.3. The maximum atomic E-state index is 10.3. The fourth-order valence-electron chi connectivity index (χ4n) is 1.69. The van der Waals surface area contributed by atoms with E-state index < -0.39 is 0 Å². The average molecular weight is 244 g/mol. The van der Waals surface area contributed by atoms with E-state index in [-0.39, 0.29) is 0 Å². The van der Waals surface area contributed by atoms with Gasteiger partial charge in [-0.05, 0) is 30.5 Å². The molecule has 2 rings (SSSR count). The van der Waals surface area contributed by atoms with Crippen LogP contribution in [0.15, 0.2) is 36.8 Å². The molecule has 0 saturated heterocycles. The van der Waals surface area contributed by atoms with Gasteiger partial charge in [0.05, 0.1) is 12.9 Å². The Labute approximate surface area is 106 Å². The van der Waals surface area contributed by atoms with Crippen LogP contribution >= 0.6 is 0 Å². The molecule has 1 N–H and O–H groups in total. The molecule has 4 nitrogen and oxygen atoms in total. The van der Waals surface area contributed by atoms with Crippen LogP contribution in [0.25, 0.3) is 0 Å². The van der Waals surface area contributed by atoms with Crippen LogP contribution in [-0.2, 0) is 17.6 Å². The summed E-state index contributed by atoms with van der Waals surface area (Å²) in [5, 5.41) is 0. The second kappa shape index (κ2) is 6.59. The number of carbonyl (C=O) groups is 1. The van der Waals surface area contributed by atoms with E-state index in [0.29, 0.717) is 13.0 Å². The minimum absolute atomic E-state index is 0.458. The summed E-state index contributed by atoms with van der Waals surface area (Å²) in [7, 11) is 0. The van der Waals surface area contributed by atoms with Crippen LogP contribution in [0.5, 0.6) is 5.75 Å². The summed E-state index contributed by atoms with van der Waals surface area (Å²) < 4.78 is 5.61. The number of benzene rings is 1. The highest BCUT2D eigenvalue weighted by Gasteiger charge is 1.97. The lowest BCUT2D eigenvalue weighted by molar-refractivity contribution is -0.107. The third kappa shape index (κ3) is 3.73. The molecule has 1 aromatic heterocycles. The lowest BCUT2D eigenvalue weighted by Crippen LogP contribution is -1.99. The molecule has 0 bridgehead atoms. The molecule has 0 aliphatic carbocycles. The quantitative estimate of drug-likeness (QED) is 0.600. The molecule has 94 valence electrons. The van der Waals surface area contributed by atoms with Gasteiger partial charge in [-0.3, -0.25) is 0 Å². The number of aldehydes is 1. The van der Waals surface area contributed by atoms with Crippen molar-refractivity contribution in [3.63, 3.8) is 0 Å². The van der Waals surface area contributed by atoms with Gasteiger partial charge in [0.2, 0.25) is 0 Å². The number of hydrogen-bond acceptors (Lipinski definition) is 3. The van der Waals surface area contributed by atoms with Crippen LogP contribution in [0.1, 0.15) is 17.7 Å². The Hall–Kier alpha value is -2.10. The molecular formula is C14H16N2O2. The van der Waals surface area contributed by atoms with Crippen molar-refractivity contribution in [1.29, 1.82) is 0 Å². The van der Waals surface area contributed by atoms with Gasteiger partial charge >= 0.3 is 0 Å². The summed E-state index contributed by atoms with van der Waals surface area (Å²) in [5.41, 5.74) is 2.13. The molecule has 0 radical (unpaired) electrons. The Kier molecular flexibility index (Phi) is 4.53. The minimum Gasteiger partial charge on any atom is -0.494 e. The van der Waals surface area contributed by atoms with Crippen molar-refractivity contribution in [2.24, 2.45) is 0 Å². The van der Waals surface area contributed by atoms with Gasteiger partial charge in [0.1, 0.15) is 12.0 Å². The number of nitrogens with one attached hydrogen (secondary N) is 1. The van der Waals surface area contributed by atoms with Gasteiger partial charge in [-0.2, -0.15) is 0 Å². The zero-order chi connectivity index (χ0) is 12.6. The Morgan fingerprint density at radius 3 is 2.78 bits per heavy atom. The summed E-state index contributed by atoms with van der Waals surface area (Å²) in [6.07, 6.45) is 6.75. The summed E-state index contributed by atoms with van der Waals surface area (Å²) in [6, 6.07) is 7.63. The van der Waals surface area contributed by atoms with Gasteiger partial charge in [0.25, 0.3) is 0 Å². The Balaban J connectivity index is 1.71. The summed E-state index contributed by atoms with van der Waals surface area (Å²) in [5.74, 6) is 0.842. The van der Waals surface area contributed by atoms with Gasteiger partial charge < -0.3 is 14.5 Å². The second-order valence-electron chi connectivity index (χ2n) is 4.04. The third-order valence-electron chi connectivity index (χ3n) is 2.66. The molecule has 0 amide bonds. The zero-order valence-electron chi connectivity index (χ0n) is 10.1. The molecule has 0 fully saturated rings. The number of nitrogens with zero attached hydrogens (tertiary/aromatic N) is 1. The molecule has 18 heavy (non-hydrogen) atoms. The van der Waals surface area contributed by atoms with Crippen molar-refractivity contribution in [3.8, 4) is 5.75 Å². The first-order valence-electron chi connectivity index (χ1n) is 6.01. The normalized spacial score (nSPS) is 10.2. The Morgan fingerprint density at radius 1 is 1.28 bits per heavy atom. The van der Waals surface area contributed by atoms with E-state index in [0.717, 1.165) is 36.1 Å². The van der Waals surface area contributed by atoms with Crippen molar-refractivity contribution in [1.82, 2.24) is 9.97 Å². The van der Waals surface area contributed by atoms with Crippen molar-refractivity contribution in [2.75, 3.05) is 6.61 Å². The fraction of sp³-hybridized carbons (Fsp3) is 0.286. The number of hydrogen-bond donors (Lipinski definition) is 1. The highest BCUT2D eigenvalue weighted by Crippen LogP contribution is 2.12. The standard InChI is InChI=1S/C14H16N2O2/c17-8-7-12-3-5-14(6-4-12)18-9-1-2-13-10-15-11-16-13/h3-6,8,10-11H,1-2,7,9H2,(H,15,16). The molecule has 0 aliphatic rings. The van der Waals surface area contributed by atoms with Gasteiger partial charge in [-0.15, -0.1) is 0 Å². The van der Waals surface area contributed by atoms with E-state index in [2.05, 4.69) is 9.97 Å². The highest BCUT2D eigenvalue weighted by molar-refractivity contribution is 5.55. The maximum Gasteiger partial charge on any atom is 0.124 e. The predicted octanol–water partition coefficient (Wildman–Crippen LogP) is 2.16. The van der Waals surface area contributed by atoms with E-state index in [1.165, 1.54) is 0 Å². The van der Waals surface area contributed by atoms with E-state index in [9.17, 15) is 4.79 Å². The molecule has 1 heterocycles. The van der Waals surface area contributed by atoms with E-state index in [4.69, 9.17) is 4.74 Å². The lowest BCUT2D eigenvalue weighted by Gasteiger charge is -2.06. The number of aromatic amines is 1. The van der Waals surface area contributed by atoms with Crippen LogP contribution in [0.2, 0.25) is 0 Å². The molecular weight excluding hydrogens is 228 g/mol. The number of rotatable bonds is 7. The number of carbonyl (C=O) groups excluding carboxylic acids is 1. The SMILES string of the molecule is O=CCc1ccc(OCCCc2cnc[nH]2)cc1. The number of aryl methyl sites for hydroxylation is 1. The number of H-pyrrole nitrogens is 1. The van der Waals surface area contributed by atoms with E-state index >= 15 is 0 Å². The number of ether oxygens (including phenoxy) is 1. The van der Waals surface area contributed by atoms with Crippen molar-refractivity contribution < 1.29 is 9.53 Å². The Bertz CT molecular complexity index is 463. The van der Waals surface area contributed by atoms with Crippen LogP contribution < -0.4 is 4.74 Å². The number of imidazole rings is 1. The van der Waals surface area contributed by atoms with Gasteiger partial charge in [0.15, 0.2) is 0 Å². The van der Waals surface area contributed by atoms with Crippen LogP contribution in [0, 0.1) is 0 Å². The Morgan fingerprint density at radius 2 is 2.11 bits per heavy atom. The van der Waals surface area contributed by atoms with Crippen molar-refractivity contribution in [3.05, 3.63) is 48.0 Å². The first-order valence-corrected chi connectivity index (χ1v) is 6.01. The summed E-state index contributed by atoms with van der Waals surface area (Å²) in [6.45, 7) is 0.673. The highest BCUT2D eigenvalue weighted by atomic mass is 16.5. The van der Waals surface area contributed by atoms with Crippen LogP contribution in [-0.4, -0.2) is 22.9 Å². The second-order valence-corrected chi connectivity index (χ2v) is 4.04. The molecule has 0 atom stereocenters. The van der Waals surface area contributed by atoms with E-state index in [1.807, 2.05) is 30.5 Å². The summed E-state index contributed by atoms with van der Waals surface area (Å²) in [4.78, 5) is 17.4. The molecule has 0 unspecified atom stereocenters. The first-order chi connectivity index (χ1) is 8.88. The van der Waals surface area contributed by atoms with Crippen molar-refractivity contribution >= 4 is 6.29 Å². The summed E-state index contributed by atoms with van der Waals surface area (Å²) >= 11 is 0. The fourth-order valence-corrected chi connectivity index (χ4v) is 1.69. The molecule has 4 heteroatoms. The van der Waals surface area contributed by atoms with Crippen molar-refractivity contribution in [2.45, 2.75) is 19.3 Å². The predicted molar refractivity (Wildman–Crippen MR) is 68.6 cm³/mol. The largest absolute Gasteiger partial charge is 0.494 e. The zero-order valence-corrected chi connectivity index (χ0v) is 10.1. The van der Waals surface area contributed by atoms with Gasteiger partial charge in [-0.1, -0.05) is 12.1 Å². The van der Waals surface area contributed by atoms with Crippen LogP contribution in [0.4, 0.5) is 0 Å². The first kappa shape index (κ1) is 12.4. The topological polar surface area (TPSA) is 55.0 Å². The minimum atomic E-state index is 0.458. The molecule has 0 spiro atoms. The number of aromatic nitrogens is 2. The molecule has 1 aromatic carbocycles. The lowest BCUT2D eigenvalue weighted by atomic mass is 10.2. The third-order valence-corrected chi connectivity index (χ3v) is 2.66. The van der Waals surface area contributed by atoms with E-state index in [1.54, 1.807) is 6.33 Å². The molecule has 2 aromatic rings. The smallest absolute Gasteiger partial charge is 0.124 e. The molecule has 0 aliphatic heterocycles. The van der Waals surface area contributed by atoms with Crippen LogP contribution in [0.3, 0.4) is 0 Å².